The van der Waals surface area contributed by atoms with Crippen molar-refractivity contribution < 1.29 is 14.1 Å². The molecule has 0 aromatic heterocycles. The number of hydrogen-bond donors (Lipinski definition) is 2. The molecule has 0 bridgehead atoms. The van der Waals surface area contributed by atoms with Gasteiger partial charge in [0.15, 0.2) is 5.37 Å². The first-order valence-corrected chi connectivity index (χ1v) is 3.93. The fourth-order valence-corrected chi connectivity index (χ4v) is 1.78. The maximum atomic E-state index is 10.7. The molecule has 5 heteroatoms. The van der Waals surface area contributed by atoms with Crippen LogP contribution in [0, 0.1) is 0 Å². The molecule has 1 aliphatic heterocycles. The summed E-state index contributed by atoms with van der Waals surface area (Å²) in [5.74, 6) is -0.567. The van der Waals surface area contributed by atoms with Gasteiger partial charge in [0.1, 0.15) is 0 Å². The number of nitrogens with one attached hydrogen (secondary N) is 1. The molecule has 0 aromatic carbocycles. The zero-order valence-electron chi connectivity index (χ0n) is 4.66. The van der Waals surface area contributed by atoms with Crippen LogP contribution in [0.5, 0.6) is 0 Å². The summed E-state index contributed by atoms with van der Waals surface area (Å²) in [4.78, 5) is 10.2. The largest absolute Gasteiger partial charge is 0.479 e. The second kappa shape index (κ2) is 2.45. The molecule has 52 valence electrons. The van der Waals surface area contributed by atoms with Crippen molar-refractivity contribution in [2.24, 2.45) is 0 Å². The molecular weight excluding hydrogens is 142 g/mol. The van der Waals surface area contributed by atoms with Crippen molar-refractivity contribution in [1.29, 1.82) is 0 Å². The summed E-state index contributed by atoms with van der Waals surface area (Å²) in [6.07, 6.45) is 0. The van der Waals surface area contributed by atoms with E-state index in [0.717, 1.165) is 0 Å². The SMILES string of the molecule is O=C(O)C1NCCS1=O. The van der Waals surface area contributed by atoms with Crippen molar-refractivity contribution in [1.82, 2.24) is 5.32 Å². The minimum absolute atomic E-state index is 0.455. The third-order valence-corrected chi connectivity index (χ3v) is 2.62. The molecule has 1 rings (SSSR count). The van der Waals surface area contributed by atoms with E-state index in [0.29, 0.717) is 12.3 Å². The average Bonchev–Trinajstić information content (AvgIpc) is 2.13. The predicted octanol–water partition coefficient (Wildman–Crippen LogP) is -1.25. The molecule has 1 fully saturated rings. The quantitative estimate of drug-likeness (QED) is 0.489. The predicted molar refractivity (Wildman–Crippen MR) is 32.4 cm³/mol. The molecule has 2 unspecified atom stereocenters. The monoisotopic (exact) mass is 149 g/mol. The van der Waals surface area contributed by atoms with Gasteiger partial charge < -0.3 is 5.11 Å². The molecule has 0 aliphatic carbocycles. The summed E-state index contributed by atoms with van der Waals surface area (Å²) < 4.78 is 10.7. The molecule has 1 aliphatic rings. The van der Waals surface area contributed by atoms with Crippen LogP contribution < -0.4 is 5.32 Å². The van der Waals surface area contributed by atoms with Gasteiger partial charge in [-0.15, -0.1) is 0 Å². The van der Waals surface area contributed by atoms with Gasteiger partial charge in [0.25, 0.3) is 0 Å². The van der Waals surface area contributed by atoms with E-state index in [2.05, 4.69) is 5.32 Å². The van der Waals surface area contributed by atoms with Crippen LogP contribution >= 0.6 is 0 Å². The van der Waals surface area contributed by atoms with Crippen LogP contribution in [0.2, 0.25) is 0 Å². The Balaban J connectivity index is 2.60. The maximum absolute atomic E-state index is 10.7. The van der Waals surface area contributed by atoms with Gasteiger partial charge in [-0.1, -0.05) is 0 Å². The molecule has 4 nitrogen and oxygen atoms in total. The highest BCUT2D eigenvalue weighted by atomic mass is 32.2. The Morgan fingerprint density at radius 2 is 2.44 bits per heavy atom. The fraction of sp³-hybridized carbons (Fsp3) is 0.750. The van der Waals surface area contributed by atoms with Crippen LogP contribution in [0.15, 0.2) is 0 Å². The second-order valence-corrected chi connectivity index (χ2v) is 3.40. The zero-order valence-corrected chi connectivity index (χ0v) is 5.48. The van der Waals surface area contributed by atoms with E-state index in [1.165, 1.54) is 0 Å². The van der Waals surface area contributed by atoms with Gasteiger partial charge >= 0.3 is 5.97 Å². The summed E-state index contributed by atoms with van der Waals surface area (Å²) >= 11 is 0. The normalized spacial score (nSPS) is 34.7. The molecule has 1 saturated heterocycles. The van der Waals surface area contributed by atoms with Crippen LogP contribution in [0.1, 0.15) is 0 Å². The molecule has 0 spiro atoms. The van der Waals surface area contributed by atoms with Gasteiger partial charge in [-0.3, -0.25) is 9.53 Å². The van der Waals surface area contributed by atoms with Gasteiger partial charge in [-0.25, -0.2) is 4.79 Å². The fourth-order valence-electron chi connectivity index (χ4n) is 0.701. The van der Waals surface area contributed by atoms with Crippen molar-refractivity contribution in [3.05, 3.63) is 0 Å². The minimum atomic E-state index is -1.20. The second-order valence-electron chi connectivity index (χ2n) is 1.76. The summed E-state index contributed by atoms with van der Waals surface area (Å²) in [6, 6.07) is 0. The molecule has 1 heterocycles. The van der Waals surface area contributed by atoms with Crippen LogP contribution in [-0.2, 0) is 15.6 Å². The Morgan fingerprint density at radius 3 is 2.67 bits per heavy atom. The lowest BCUT2D eigenvalue weighted by molar-refractivity contribution is -0.136. The number of carbonyl (C=O) groups is 1. The first-order valence-electron chi connectivity index (χ1n) is 2.55. The summed E-state index contributed by atoms with van der Waals surface area (Å²) in [5, 5.41) is 10.1. The Kier molecular flexibility index (Phi) is 1.82. The third kappa shape index (κ3) is 1.28. The van der Waals surface area contributed by atoms with Crippen molar-refractivity contribution >= 4 is 16.8 Å². The van der Waals surface area contributed by atoms with Crippen LogP contribution in [0.25, 0.3) is 0 Å². The number of aliphatic carboxylic acids is 1. The van der Waals surface area contributed by atoms with Crippen LogP contribution in [0.4, 0.5) is 0 Å². The molecule has 2 atom stereocenters. The average molecular weight is 149 g/mol. The van der Waals surface area contributed by atoms with Gasteiger partial charge in [-0.2, -0.15) is 0 Å². The van der Waals surface area contributed by atoms with Crippen molar-refractivity contribution in [2.75, 3.05) is 12.3 Å². The van der Waals surface area contributed by atoms with E-state index in [4.69, 9.17) is 5.11 Å². The van der Waals surface area contributed by atoms with E-state index >= 15 is 0 Å². The highest BCUT2D eigenvalue weighted by Gasteiger charge is 2.28. The molecular formula is C4H7NO3S. The first-order chi connectivity index (χ1) is 4.22. The van der Waals surface area contributed by atoms with Gasteiger partial charge in [0.05, 0.1) is 10.8 Å². The van der Waals surface area contributed by atoms with E-state index in [-0.39, 0.29) is 0 Å². The van der Waals surface area contributed by atoms with Gasteiger partial charge in [-0.05, 0) is 0 Å². The van der Waals surface area contributed by atoms with Crippen molar-refractivity contribution in [3.8, 4) is 0 Å². The molecule has 2 N–H and O–H groups in total. The molecule has 0 aromatic rings. The number of carboxylic acid groups (broad SMARTS) is 1. The molecule has 0 saturated carbocycles. The Hall–Kier alpha value is -0.420. The van der Waals surface area contributed by atoms with Gasteiger partial charge in [0.2, 0.25) is 0 Å². The van der Waals surface area contributed by atoms with E-state index in [1.807, 2.05) is 0 Å². The van der Waals surface area contributed by atoms with Crippen LogP contribution in [0.3, 0.4) is 0 Å². The van der Waals surface area contributed by atoms with Crippen molar-refractivity contribution in [2.45, 2.75) is 5.37 Å². The summed E-state index contributed by atoms with van der Waals surface area (Å²) in [5.41, 5.74) is 0. The highest BCUT2D eigenvalue weighted by Crippen LogP contribution is 1.99. The summed E-state index contributed by atoms with van der Waals surface area (Å²) in [6.45, 7) is 0.545. The van der Waals surface area contributed by atoms with Crippen molar-refractivity contribution in [3.63, 3.8) is 0 Å². The molecule has 0 radical (unpaired) electrons. The minimum Gasteiger partial charge on any atom is -0.479 e. The number of carboxylic acids is 1. The van der Waals surface area contributed by atoms with E-state index in [1.54, 1.807) is 0 Å². The lowest BCUT2D eigenvalue weighted by Gasteiger charge is -1.99. The summed E-state index contributed by atoms with van der Waals surface area (Å²) in [7, 11) is -1.20. The maximum Gasteiger partial charge on any atom is 0.333 e. The first kappa shape index (κ1) is 6.70. The lowest BCUT2D eigenvalue weighted by atomic mass is 10.6. The Bertz CT molecular complexity index is 158. The zero-order chi connectivity index (χ0) is 6.85. The number of rotatable bonds is 1. The molecule has 9 heavy (non-hydrogen) atoms. The topological polar surface area (TPSA) is 66.4 Å². The van der Waals surface area contributed by atoms with E-state index < -0.39 is 22.1 Å². The Morgan fingerprint density at radius 1 is 1.78 bits per heavy atom. The third-order valence-electron chi connectivity index (χ3n) is 1.12. The van der Waals surface area contributed by atoms with E-state index in [9.17, 15) is 9.00 Å². The van der Waals surface area contributed by atoms with Gasteiger partial charge in [0, 0.05) is 12.3 Å². The smallest absolute Gasteiger partial charge is 0.333 e. The highest BCUT2D eigenvalue weighted by molar-refractivity contribution is 7.86. The standard InChI is InChI=1S/C4H7NO3S/c6-4(7)3-5-1-2-9(3)8/h3,5H,1-2H2,(H,6,7). The lowest BCUT2D eigenvalue weighted by Crippen LogP contribution is -2.32. The number of hydrogen-bond acceptors (Lipinski definition) is 3. The Labute approximate surface area is 54.7 Å². The van der Waals surface area contributed by atoms with Crippen LogP contribution in [-0.4, -0.2) is 33.0 Å². The molecule has 0 amide bonds.